The van der Waals surface area contributed by atoms with E-state index in [2.05, 4.69) is 23.8 Å². The molecule has 0 aliphatic carbocycles. The van der Waals surface area contributed by atoms with Crippen molar-refractivity contribution in [1.82, 2.24) is 9.97 Å². The van der Waals surface area contributed by atoms with Gasteiger partial charge in [0.15, 0.2) is 0 Å². The van der Waals surface area contributed by atoms with Crippen molar-refractivity contribution in [3.8, 4) is 0 Å². The Morgan fingerprint density at radius 3 is 1.76 bits per heavy atom. The number of nitrogens with zero attached hydrogens (tertiary/aromatic N) is 2. The second-order valence-electron chi connectivity index (χ2n) is 4.01. The van der Waals surface area contributed by atoms with Crippen molar-refractivity contribution >= 4 is 11.6 Å². The Hall–Kier alpha value is -0.710. The van der Waals surface area contributed by atoms with E-state index in [0.717, 1.165) is 19.4 Å². The molecule has 1 heterocycles. The van der Waals surface area contributed by atoms with E-state index >= 15 is 0 Å². The van der Waals surface area contributed by atoms with Crippen LogP contribution in [0.5, 0.6) is 0 Å². The minimum atomic E-state index is -0.167. The number of aromatic nitrogens is 2. The molecule has 0 saturated carbocycles. The molecule has 1 rings (SSSR count). The van der Waals surface area contributed by atoms with E-state index in [1.54, 1.807) is 26.2 Å². The van der Waals surface area contributed by atoms with Crippen LogP contribution in [-0.2, 0) is 6.42 Å². The van der Waals surface area contributed by atoms with Crippen LogP contribution in [0.3, 0.4) is 0 Å². The Morgan fingerprint density at radius 1 is 1.12 bits per heavy atom. The van der Waals surface area contributed by atoms with E-state index in [1.807, 2.05) is 0 Å². The Labute approximate surface area is 109 Å². The summed E-state index contributed by atoms with van der Waals surface area (Å²) in [7, 11) is 1.00. The fourth-order valence-electron chi connectivity index (χ4n) is 0.810. The average Bonchev–Trinajstić information content (AvgIpc) is 2.23. The molecule has 1 aromatic heterocycles. The van der Waals surface area contributed by atoms with Gasteiger partial charge in [-0.15, -0.1) is 0 Å². The molecule has 0 saturated heterocycles. The van der Waals surface area contributed by atoms with Gasteiger partial charge in [0, 0.05) is 32.0 Å². The topological polar surface area (TPSA) is 66.2 Å². The van der Waals surface area contributed by atoms with Crippen molar-refractivity contribution < 1.29 is 10.2 Å². The molecular formula is C12H23ClN2O2. The van der Waals surface area contributed by atoms with Crippen molar-refractivity contribution in [2.24, 2.45) is 5.92 Å². The predicted molar refractivity (Wildman–Crippen MR) is 71.1 cm³/mol. The summed E-state index contributed by atoms with van der Waals surface area (Å²) in [6.07, 6.45) is 4.01. The van der Waals surface area contributed by atoms with E-state index < -0.39 is 0 Å². The van der Waals surface area contributed by atoms with Crippen molar-refractivity contribution in [3.63, 3.8) is 0 Å². The Morgan fingerprint density at radius 2 is 1.47 bits per heavy atom. The highest BCUT2D eigenvalue weighted by Crippen LogP contribution is 2.06. The van der Waals surface area contributed by atoms with Gasteiger partial charge in [0.1, 0.15) is 5.82 Å². The Balaban J connectivity index is 0. The quantitative estimate of drug-likeness (QED) is 0.859. The molecule has 4 nitrogen and oxygen atoms in total. The van der Waals surface area contributed by atoms with Gasteiger partial charge in [-0.3, -0.25) is 0 Å². The highest BCUT2D eigenvalue weighted by molar-refractivity contribution is 6.30. The zero-order chi connectivity index (χ0) is 13.8. The highest BCUT2D eigenvalue weighted by Gasteiger charge is 1.99. The summed E-state index contributed by atoms with van der Waals surface area (Å²) < 4.78 is 0. The molecule has 0 aliphatic rings. The predicted octanol–water partition coefficient (Wildman–Crippen LogP) is 2.32. The standard InChI is InChI=1S/C8H11ClN2.C3H8O.CH4O/c1-6(2)3-8-10-4-7(9)5-11-8;1-3(2)4;1-2/h4-6H,3H2,1-2H3;3-4H,1-2H3;2H,1H3. The van der Waals surface area contributed by atoms with Gasteiger partial charge < -0.3 is 10.2 Å². The van der Waals surface area contributed by atoms with Crippen LogP contribution in [0.1, 0.15) is 33.5 Å². The number of aliphatic hydroxyl groups excluding tert-OH is 2. The number of halogens is 1. The number of hydrogen-bond donors (Lipinski definition) is 2. The first-order valence-electron chi connectivity index (χ1n) is 5.51. The molecule has 0 fully saturated rings. The van der Waals surface area contributed by atoms with Crippen molar-refractivity contribution in [3.05, 3.63) is 23.2 Å². The van der Waals surface area contributed by atoms with Crippen molar-refractivity contribution in [1.29, 1.82) is 0 Å². The molecule has 100 valence electrons. The van der Waals surface area contributed by atoms with Crippen LogP contribution in [0.4, 0.5) is 0 Å². The molecular weight excluding hydrogens is 240 g/mol. The van der Waals surface area contributed by atoms with Crippen molar-refractivity contribution in [2.75, 3.05) is 7.11 Å². The maximum Gasteiger partial charge on any atom is 0.128 e. The maximum absolute atomic E-state index is 8.06. The lowest BCUT2D eigenvalue weighted by molar-refractivity contribution is 0.216. The first-order valence-corrected chi connectivity index (χ1v) is 5.88. The number of hydrogen-bond acceptors (Lipinski definition) is 4. The van der Waals surface area contributed by atoms with Crippen LogP contribution in [0.25, 0.3) is 0 Å². The van der Waals surface area contributed by atoms with E-state index in [4.69, 9.17) is 21.8 Å². The molecule has 0 spiro atoms. The van der Waals surface area contributed by atoms with E-state index in [0.29, 0.717) is 10.9 Å². The SMILES string of the molecule is CC(C)Cc1ncc(Cl)cn1.CC(C)O.CO. The van der Waals surface area contributed by atoms with E-state index in [-0.39, 0.29) is 6.10 Å². The summed E-state index contributed by atoms with van der Waals surface area (Å²) in [6, 6.07) is 0. The summed E-state index contributed by atoms with van der Waals surface area (Å²) in [4.78, 5) is 8.15. The fraction of sp³-hybridized carbons (Fsp3) is 0.667. The van der Waals surface area contributed by atoms with E-state index in [9.17, 15) is 0 Å². The summed E-state index contributed by atoms with van der Waals surface area (Å²) in [5.74, 6) is 1.46. The normalized spacial score (nSPS) is 9.29. The summed E-state index contributed by atoms with van der Waals surface area (Å²) >= 11 is 5.62. The molecule has 1 aromatic rings. The number of aliphatic hydroxyl groups is 2. The molecule has 5 heteroatoms. The summed E-state index contributed by atoms with van der Waals surface area (Å²) in [6.45, 7) is 7.72. The lowest BCUT2D eigenvalue weighted by atomic mass is 10.1. The fourth-order valence-corrected chi connectivity index (χ4v) is 0.907. The lowest BCUT2D eigenvalue weighted by Gasteiger charge is -2.01. The third kappa shape index (κ3) is 15.3. The van der Waals surface area contributed by atoms with Gasteiger partial charge >= 0.3 is 0 Å². The molecule has 0 bridgehead atoms. The molecule has 0 aromatic carbocycles. The highest BCUT2D eigenvalue weighted by atomic mass is 35.5. The Bertz CT molecular complexity index is 261. The lowest BCUT2D eigenvalue weighted by Crippen LogP contribution is -1.99. The minimum absolute atomic E-state index is 0.167. The van der Waals surface area contributed by atoms with Gasteiger partial charge in [-0.1, -0.05) is 25.4 Å². The summed E-state index contributed by atoms with van der Waals surface area (Å²) in [5, 5.41) is 15.7. The van der Waals surface area contributed by atoms with Crippen LogP contribution >= 0.6 is 11.6 Å². The van der Waals surface area contributed by atoms with Crippen LogP contribution in [0.15, 0.2) is 12.4 Å². The second kappa shape index (κ2) is 11.8. The molecule has 0 unspecified atom stereocenters. The molecule has 2 N–H and O–H groups in total. The zero-order valence-electron chi connectivity index (χ0n) is 11.2. The third-order valence-electron chi connectivity index (χ3n) is 1.26. The van der Waals surface area contributed by atoms with Crippen molar-refractivity contribution in [2.45, 2.75) is 40.2 Å². The van der Waals surface area contributed by atoms with Crippen LogP contribution < -0.4 is 0 Å². The second-order valence-corrected chi connectivity index (χ2v) is 4.45. The Kier molecular flexibility index (Phi) is 12.9. The molecule has 17 heavy (non-hydrogen) atoms. The van der Waals surface area contributed by atoms with Gasteiger partial charge in [-0.2, -0.15) is 0 Å². The van der Waals surface area contributed by atoms with Gasteiger partial charge in [0.05, 0.1) is 5.02 Å². The largest absolute Gasteiger partial charge is 0.400 e. The third-order valence-corrected chi connectivity index (χ3v) is 1.46. The zero-order valence-corrected chi connectivity index (χ0v) is 11.9. The monoisotopic (exact) mass is 262 g/mol. The van der Waals surface area contributed by atoms with Crippen LogP contribution in [-0.4, -0.2) is 33.4 Å². The van der Waals surface area contributed by atoms with Crippen LogP contribution in [0, 0.1) is 5.92 Å². The van der Waals surface area contributed by atoms with E-state index in [1.165, 1.54) is 0 Å². The summed E-state index contributed by atoms with van der Waals surface area (Å²) in [5.41, 5.74) is 0. The number of rotatable bonds is 2. The average molecular weight is 263 g/mol. The minimum Gasteiger partial charge on any atom is -0.400 e. The molecule has 0 atom stereocenters. The van der Waals surface area contributed by atoms with Crippen LogP contribution in [0.2, 0.25) is 5.02 Å². The first-order chi connectivity index (χ1) is 7.91. The maximum atomic E-state index is 8.06. The van der Waals surface area contributed by atoms with Gasteiger partial charge in [-0.05, 0) is 19.8 Å². The van der Waals surface area contributed by atoms with Gasteiger partial charge in [-0.25, -0.2) is 9.97 Å². The smallest absolute Gasteiger partial charge is 0.128 e. The van der Waals surface area contributed by atoms with Gasteiger partial charge in [0.25, 0.3) is 0 Å². The molecule has 0 aliphatic heterocycles. The first kappa shape index (κ1) is 18.6. The van der Waals surface area contributed by atoms with Gasteiger partial charge in [0.2, 0.25) is 0 Å². The molecule has 0 amide bonds. The molecule has 0 radical (unpaired) electrons.